The molecule has 1 unspecified atom stereocenters. The minimum Gasteiger partial charge on any atom is -0.461 e. The maximum atomic E-state index is 10.8. The van der Waals surface area contributed by atoms with Gasteiger partial charge < -0.3 is 10.1 Å². The fraction of sp³-hybridized carbons (Fsp3) is 0.875. The van der Waals surface area contributed by atoms with Crippen LogP contribution < -0.4 is 5.32 Å². The van der Waals surface area contributed by atoms with Gasteiger partial charge >= 0.3 is 5.97 Å². The lowest BCUT2D eigenvalue weighted by molar-refractivity contribution is -0.149. The summed E-state index contributed by atoms with van der Waals surface area (Å²) < 4.78 is 5.14. The van der Waals surface area contributed by atoms with Gasteiger partial charge in [-0.15, -0.1) is 0 Å². The van der Waals surface area contributed by atoms with Crippen LogP contribution in [0.2, 0.25) is 0 Å². The van der Waals surface area contributed by atoms with E-state index in [1.165, 1.54) is 0 Å². The molecule has 0 spiro atoms. The van der Waals surface area contributed by atoms with Crippen LogP contribution in [-0.2, 0) is 9.53 Å². The number of ether oxygens (including phenoxy) is 1. The van der Waals surface area contributed by atoms with Crippen LogP contribution in [0.25, 0.3) is 0 Å². The van der Waals surface area contributed by atoms with Crippen molar-refractivity contribution in [1.29, 1.82) is 0 Å². The molecule has 0 saturated carbocycles. The van der Waals surface area contributed by atoms with Gasteiger partial charge in [0.15, 0.2) is 0 Å². The molecule has 1 fully saturated rings. The van der Waals surface area contributed by atoms with E-state index in [0.29, 0.717) is 6.42 Å². The minimum atomic E-state index is -0.0845. The largest absolute Gasteiger partial charge is 0.461 e. The van der Waals surface area contributed by atoms with Crippen molar-refractivity contribution in [3.05, 3.63) is 0 Å². The number of esters is 1. The fourth-order valence-electron chi connectivity index (χ4n) is 1.19. The van der Waals surface area contributed by atoms with Crippen LogP contribution in [0.5, 0.6) is 0 Å². The van der Waals surface area contributed by atoms with Crippen LogP contribution in [0.15, 0.2) is 0 Å². The van der Waals surface area contributed by atoms with Gasteiger partial charge in [0.05, 0.1) is 0 Å². The van der Waals surface area contributed by atoms with Crippen LogP contribution in [0.1, 0.15) is 26.2 Å². The minimum absolute atomic E-state index is 0.0845. The molecule has 1 aliphatic heterocycles. The van der Waals surface area contributed by atoms with Crippen LogP contribution in [0, 0.1) is 0 Å². The fourth-order valence-corrected chi connectivity index (χ4v) is 1.19. The third-order valence-electron chi connectivity index (χ3n) is 1.84. The van der Waals surface area contributed by atoms with Crippen molar-refractivity contribution in [3.63, 3.8) is 0 Å². The Morgan fingerprint density at radius 1 is 1.73 bits per heavy atom. The van der Waals surface area contributed by atoms with Crippen molar-refractivity contribution in [2.24, 2.45) is 0 Å². The number of carbonyl (C=O) groups excluding carboxylic acids is 1. The molecule has 1 saturated heterocycles. The Kier molecular flexibility index (Phi) is 3.36. The molecule has 0 aromatic heterocycles. The molecular formula is C8H15NO2. The summed E-state index contributed by atoms with van der Waals surface area (Å²) in [5.41, 5.74) is 0. The van der Waals surface area contributed by atoms with Gasteiger partial charge in [0.2, 0.25) is 0 Å². The normalized spacial score (nSPS) is 24.6. The first-order valence-electron chi connectivity index (χ1n) is 4.23. The van der Waals surface area contributed by atoms with Crippen LogP contribution in [0.3, 0.4) is 0 Å². The highest BCUT2D eigenvalue weighted by atomic mass is 16.5. The molecule has 1 N–H and O–H groups in total. The van der Waals surface area contributed by atoms with E-state index in [-0.39, 0.29) is 12.1 Å². The topological polar surface area (TPSA) is 38.3 Å². The number of piperidine rings is 1. The van der Waals surface area contributed by atoms with Crippen molar-refractivity contribution in [2.45, 2.75) is 32.3 Å². The molecule has 1 aliphatic rings. The quantitative estimate of drug-likeness (QED) is 0.599. The summed E-state index contributed by atoms with van der Waals surface area (Å²) in [5.74, 6) is -0.0845. The molecular weight excluding hydrogens is 142 g/mol. The molecule has 0 aliphatic carbocycles. The number of hydrogen-bond acceptors (Lipinski definition) is 3. The molecule has 3 nitrogen and oxygen atoms in total. The molecule has 0 bridgehead atoms. The molecule has 1 rings (SSSR count). The van der Waals surface area contributed by atoms with Gasteiger partial charge in [-0.3, -0.25) is 4.79 Å². The summed E-state index contributed by atoms with van der Waals surface area (Å²) in [6.07, 6.45) is 2.73. The van der Waals surface area contributed by atoms with Gasteiger partial charge in [-0.2, -0.15) is 0 Å². The Morgan fingerprint density at radius 2 is 2.55 bits per heavy atom. The molecule has 11 heavy (non-hydrogen) atoms. The Labute approximate surface area is 67.1 Å². The first kappa shape index (κ1) is 8.53. The molecule has 0 amide bonds. The summed E-state index contributed by atoms with van der Waals surface area (Å²) in [6.45, 7) is 3.70. The molecule has 3 heteroatoms. The Hall–Kier alpha value is -0.570. The number of rotatable bonds is 2. The highest BCUT2D eigenvalue weighted by Crippen LogP contribution is 2.06. The lowest BCUT2D eigenvalue weighted by Crippen LogP contribution is -2.36. The zero-order chi connectivity index (χ0) is 8.10. The monoisotopic (exact) mass is 157 g/mol. The van der Waals surface area contributed by atoms with Gasteiger partial charge in [-0.1, -0.05) is 6.92 Å². The lowest BCUT2D eigenvalue weighted by atomic mass is 10.1. The Morgan fingerprint density at radius 3 is 3.09 bits per heavy atom. The standard InChI is InChI=1S/C8H15NO2/c1-2-8(10)11-7-4-3-5-9-6-7/h7,9H,2-6H2,1H3. The van der Waals surface area contributed by atoms with E-state index in [2.05, 4.69) is 5.32 Å². The van der Waals surface area contributed by atoms with E-state index in [4.69, 9.17) is 4.74 Å². The summed E-state index contributed by atoms with van der Waals surface area (Å²) in [4.78, 5) is 10.8. The molecule has 0 aromatic carbocycles. The van der Waals surface area contributed by atoms with E-state index in [1.807, 2.05) is 6.92 Å². The molecule has 1 heterocycles. The first-order valence-corrected chi connectivity index (χ1v) is 4.23. The first-order chi connectivity index (χ1) is 5.33. The average Bonchev–Trinajstić information content (AvgIpc) is 2.06. The van der Waals surface area contributed by atoms with E-state index in [1.54, 1.807) is 0 Å². The zero-order valence-electron chi connectivity index (χ0n) is 6.93. The third kappa shape index (κ3) is 2.89. The van der Waals surface area contributed by atoms with Gasteiger partial charge in [0.25, 0.3) is 0 Å². The van der Waals surface area contributed by atoms with Crippen molar-refractivity contribution < 1.29 is 9.53 Å². The number of hydrogen-bond donors (Lipinski definition) is 1. The summed E-state index contributed by atoms with van der Waals surface area (Å²) in [5, 5.41) is 3.19. The maximum Gasteiger partial charge on any atom is 0.305 e. The second kappa shape index (κ2) is 4.34. The summed E-state index contributed by atoms with van der Waals surface area (Å²) in [6, 6.07) is 0. The summed E-state index contributed by atoms with van der Waals surface area (Å²) in [7, 11) is 0. The highest BCUT2D eigenvalue weighted by Gasteiger charge is 2.15. The molecule has 0 aromatic rings. The second-order valence-electron chi connectivity index (χ2n) is 2.81. The zero-order valence-corrected chi connectivity index (χ0v) is 6.93. The Balaban J connectivity index is 2.19. The predicted molar refractivity (Wildman–Crippen MR) is 42.3 cm³/mol. The average molecular weight is 157 g/mol. The molecule has 64 valence electrons. The predicted octanol–water partition coefficient (Wildman–Crippen LogP) is 0.692. The van der Waals surface area contributed by atoms with Crippen molar-refractivity contribution in [1.82, 2.24) is 5.32 Å². The van der Waals surface area contributed by atoms with Crippen molar-refractivity contribution in [2.75, 3.05) is 13.1 Å². The Bertz CT molecular complexity index is 130. The second-order valence-corrected chi connectivity index (χ2v) is 2.81. The van der Waals surface area contributed by atoms with E-state index in [0.717, 1.165) is 25.9 Å². The van der Waals surface area contributed by atoms with Crippen molar-refractivity contribution in [3.8, 4) is 0 Å². The van der Waals surface area contributed by atoms with Gasteiger partial charge in [-0.25, -0.2) is 0 Å². The van der Waals surface area contributed by atoms with Gasteiger partial charge in [-0.05, 0) is 19.4 Å². The number of carbonyl (C=O) groups is 1. The van der Waals surface area contributed by atoms with Gasteiger partial charge in [0, 0.05) is 13.0 Å². The SMILES string of the molecule is CCC(=O)OC1CCCNC1. The third-order valence-corrected chi connectivity index (χ3v) is 1.84. The van der Waals surface area contributed by atoms with E-state index in [9.17, 15) is 4.79 Å². The number of nitrogens with one attached hydrogen (secondary N) is 1. The van der Waals surface area contributed by atoms with Crippen LogP contribution in [-0.4, -0.2) is 25.2 Å². The molecule has 1 atom stereocenters. The van der Waals surface area contributed by atoms with E-state index < -0.39 is 0 Å². The van der Waals surface area contributed by atoms with Gasteiger partial charge in [0.1, 0.15) is 6.10 Å². The maximum absolute atomic E-state index is 10.8. The highest BCUT2D eigenvalue weighted by molar-refractivity contribution is 5.69. The smallest absolute Gasteiger partial charge is 0.305 e. The summed E-state index contributed by atoms with van der Waals surface area (Å²) >= 11 is 0. The van der Waals surface area contributed by atoms with Crippen LogP contribution >= 0.6 is 0 Å². The van der Waals surface area contributed by atoms with Crippen LogP contribution in [0.4, 0.5) is 0 Å². The lowest BCUT2D eigenvalue weighted by Gasteiger charge is -2.22. The van der Waals surface area contributed by atoms with E-state index >= 15 is 0 Å². The van der Waals surface area contributed by atoms with Crippen molar-refractivity contribution >= 4 is 5.97 Å². The molecule has 0 radical (unpaired) electrons.